The van der Waals surface area contributed by atoms with Crippen LogP contribution in [0.4, 0.5) is 0 Å². The molecular weight excluding hydrogens is 765 g/mol. The predicted molar refractivity (Wildman–Crippen MR) is 150 cm³/mol. The summed E-state index contributed by atoms with van der Waals surface area (Å²) in [5.74, 6) is 0.0629. The number of nitrogens with one attached hydrogen (secondary N) is 1. The first kappa shape index (κ1) is 25.7. The molecule has 0 aromatic heterocycles. The van der Waals surface area contributed by atoms with Crippen molar-refractivity contribution in [3.05, 3.63) is 87.6 Å². The van der Waals surface area contributed by atoms with E-state index in [1.807, 2.05) is 18.2 Å². The monoisotopic (exact) mass is 782 g/mol. The highest BCUT2D eigenvalue weighted by Gasteiger charge is 2.11. The summed E-state index contributed by atoms with van der Waals surface area (Å²) in [4.78, 5) is 23.3. The fourth-order valence-corrected chi connectivity index (χ4v) is 5.41. The Morgan fingerprint density at radius 2 is 1.61 bits per heavy atom. The summed E-state index contributed by atoms with van der Waals surface area (Å²) in [5.41, 5.74) is 4.89. The standard InChI is InChI=1S/C23H17I3N2O5/c1-32-20-10-16(6-7-17(20)24)22(29)28-27-11-14-8-18(25)21(19(26)9-14)33-12-13-2-4-15(5-3-13)23(30)31/h2-11H,12H2,1H3,(H,28,29)(H,30,31)/b27-11-. The SMILES string of the molecule is COc1cc(C(=O)N/N=C\c2cc(I)c(OCc3ccc(C(=O)O)cc3)c(I)c2)ccc1I. The van der Waals surface area contributed by atoms with Gasteiger partial charge in [-0.1, -0.05) is 12.1 Å². The normalized spacial score (nSPS) is 10.8. The molecule has 1 amide bonds. The molecule has 0 radical (unpaired) electrons. The van der Waals surface area contributed by atoms with Gasteiger partial charge in [-0.3, -0.25) is 4.79 Å². The maximum Gasteiger partial charge on any atom is 0.335 e. The lowest BCUT2D eigenvalue weighted by Gasteiger charge is -2.11. The lowest BCUT2D eigenvalue weighted by atomic mass is 10.1. The molecule has 170 valence electrons. The summed E-state index contributed by atoms with van der Waals surface area (Å²) in [7, 11) is 1.56. The number of aromatic carboxylic acids is 1. The summed E-state index contributed by atoms with van der Waals surface area (Å²) in [6.45, 7) is 0.314. The van der Waals surface area contributed by atoms with Gasteiger partial charge in [-0.25, -0.2) is 10.2 Å². The smallest absolute Gasteiger partial charge is 0.335 e. The molecule has 0 aliphatic carbocycles. The minimum absolute atomic E-state index is 0.236. The average molecular weight is 782 g/mol. The number of amides is 1. The summed E-state index contributed by atoms with van der Waals surface area (Å²) in [6.07, 6.45) is 1.57. The van der Waals surface area contributed by atoms with Crippen LogP contribution in [0.2, 0.25) is 0 Å². The molecule has 0 saturated heterocycles. The van der Waals surface area contributed by atoms with E-state index in [4.69, 9.17) is 14.6 Å². The van der Waals surface area contributed by atoms with Gasteiger partial charge in [0, 0.05) is 5.56 Å². The Morgan fingerprint density at radius 1 is 0.970 bits per heavy atom. The van der Waals surface area contributed by atoms with Gasteiger partial charge in [-0.15, -0.1) is 0 Å². The molecule has 0 spiro atoms. The molecule has 0 atom stereocenters. The van der Waals surface area contributed by atoms with Crippen molar-refractivity contribution in [1.29, 1.82) is 0 Å². The maximum atomic E-state index is 12.3. The first-order chi connectivity index (χ1) is 15.8. The minimum atomic E-state index is -0.960. The summed E-state index contributed by atoms with van der Waals surface area (Å²) in [5, 5.41) is 13.1. The highest BCUT2D eigenvalue weighted by atomic mass is 127. The molecule has 0 unspecified atom stereocenters. The fraction of sp³-hybridized carbons (Fsp3) is 0.0870. The number of hydrazone groups is 1. The van der Waals surface area contributed by atoms with E-state index in [2.05, 4.69) is 78.3 Å². The zero-order valence-electron chi connectivity index (χ0n) is 17.1. The zero-order chi connectivity index (χ0) is 24.0. The van der Waals surface area contributed by atoms with E-state index >= 15 is 0 Å². The second-order valence-electron chi connectivity index (χ2n) is 6.65. The number of rotatable bonds is 8. The van der Waals surface area contributed by atoms with Gasteiger partial charge in [-0.2, -0.15) is 5.10 Å². The fourth-order valence-electron chi connectivity index (χ4n) is 2.72. The number of hydrogen-bond donors (Lipinski definition) is 2. The van der Waals surface area contributed by atoms with Gasteiger partial charge in [0.15, 0.2) is 0 Å². The number of methoxy groups -OCH3 is 1. The van der Waals surface area contributed by atoms with E-state index in [9.17, 15) is 9.59 Å². The van der Waals surface area contributed by atoms with Crippen LogP contribution in [0, 0.1) is 10.7 Å². The number of carbonyl (C=O) groups is 2. The third-order valence-electron chi connectivity index (χ3n) is 4.40. The van der Waals surface area contributed by atoms with Gasteiger partial charge in [0.05, 0.1) is 29.6 Å². The number of halogens is 3. The second kappa shape index (κ2) is 12.0. The molecule has 0 bridgehead atoms. The second-order valence-corrected chi connectivity index (χ2v) is 10.1. The Balaban J connectivity index is 1.63. The van der Waals surface area contributed by atoms with E-state index in [-0.39, 0.29) is 11.5 Å². The van der Waals surface area contributed by atoms with Crippen LogP contribution >= 0.6 is 67.8 Å². The third kappa shape index (κ3) is 7.02. The van der Waals surface area contributed by atoms with Crippen LogP contribution in [0.25, 0.3) is 0 Å². The number of benzene rings is 3. The van der Waals surface area contributed by atoms with Gasteiger partial charge < -0.3 is 14.6 Å². The van der Waals surface area contributed by atoms with Crippen LogP contribution in [-0.4, -0.2) is 30.3 Å². The van der Waals surface area contributed by atoms with Crippen LogP contribution in [-0.2, 0) is 6.61 Å². The number of carbonyl (C=O) groups excluding carboxylic acids is 1. The van der Waals surface area contributed by atoms with Crippen molar-refractivity contribution in [3.63, 3.8) is 0 Å². The Bertz CT molecular complexity index is 1190. The Morgan fingerprint density at radius 3 is 2.21 bits per heavy atom. The van der Waals surface area contributed by atoms with E-state index in [1.165, 1.54) is 0 Å². The van der Waals surface area contributed by atoms with Crippen LogP contribution in [0.5, 0.6) is 11.5 Å². The predicted octanol–water partition coefficient (Wildman–Crippen LogP) is 5.55. The number of carboxylic acid groups (broad SMARTS) is 1. The van der Waals surface area contributed by atoms with Crippen molar-refractivity contribution in [2.75, 3.05) is 7.11 Å². The van der Waals surface area contributed by atoms with Crippen LogP contribution < -0.4 is 14.9 Å². The van der Waals surface area contributed by atoms with Crippen molar-refractivity contribution in [3.8, 4) is 11.5 Å². The first-order valence-corrected chi connectivity index (χ1v) is 12.6. The number of hydrogen-bond acceptors (Lipinski definition) is 5. The molecule has 0 saturated carbocycles. The molecule has 0 aliphatic rings. The van der Waals surface area contributed by atoms with E-state index in [1.54, 1.807) is 49.7 Å². The molecule has 10 heteroatoms. The molecule has 0 heterocycles. The van der Waals surface area contributed by atoms with Gasteiger partial charge >= 0.3 is 5.97 Å². The molecule has 7 nitrogen and oxygen atoms in total. The Hall–Kier alpha value is -1.94. The summed E-state index contributed by atoms with van der Waals surface area (Å²) >= 11 is 6.50. The van der Waals surface area contributed by atoms with E-state index in [0.717, 1.165) is 27.6 Å². The minimum Gasteiger partial charge on any atom is -0.496 e. The van der Waals surface area contributed by atoms with Crippen molar-refractivity contribution >= 4 is 85.9 Å². The largest absolute Gasteiger partial charge is 0.496 e. The lowest BCUT2D eigenvalue weighted by molar-refractivity contribution is 0.0696. The average Bonchev–Trinajstić information content (AvgIpc) is 2.79. The van der Waals surface area contributed by atoms with Crippen molar-refractivity contribution in [1.82, 2.24) is 5.43 Å². The van der Waals surface area contributed by atoms with Crippen LogP contribution in [0.1, 0.15) is 31.8 Å². The Kier molecular flexibility index (Phi) is 9.31. The van der Waals surface area contributed by atoms with Gasteiger partial charge in [0.2, 0.25) is 0 Å². The third-order valence-corrected chi connectivity index (χ3v) is 6.89. The molecule has 0 aliphatic heterocycles. The topological polar surface area (TPSA) is 97.2 Å². The zero-order valence-corrected chi connectivity index (χ0v) is 23.6. The van der Waals surface area contributed by atoms with Crippen molar-refractivity contribution < 1.29 is 24.2 Å². The Labute approximate surface area is 231 Å². The van der Waals surface area contributed by atoms with Gasteiger partial charge in [0.1, 0.15) is 18.1 Å². The van der Waals surface area contributed by atoms with Gasteiger partial charge in [0.25, 0.3) is 5.91 Å². The molecular formula is C23H17I3N2O5. The quantitative estimate of drug-likeness (QED) is 0.178. The van der Waals surface area contributed by atoms with Crippen molar-refractivity contribution in [2.45, 2.75) is 6.61 Å². The molecule has 0 fully saturated rings. The number of ether oxygens (including phenoxy) is 2. The molecule has 3 aromatic rings. The summed E-state index contributed by atoms with van der Waals surface area (Å²) in [6, 6.07) is 15.6. The molecule has 33 heavy (non-hydrogen) atoms. The molecule has 3 rings (SSSR count). The number of carboxylic acids is 1. The number of nitrogens with zero attached hydrogens (tertiary/aromatic N) is 1. The van der Waals surface area contributed by atoms with Crippen LogP contribution in [0.15, 0.2) is 59.7 Å². The summed E-state index contributed by atoms with van der Waals surface area (Å²) < 4.78 is 13.9. The highest BCUT2D eigenvalue weighted by molar-refractivity contribution is 14.1. The maximum absolute atomic E-state index is 12.3. The van der Waals surface area contributed by atoms with E-state index < -0.39 is 5.97 Å². The molecule has 3 aromatic carbocycles. The van der Waals surface area contributed by atoms with Crippen LogP contribution in [0.3, 0.4) is 0 Å². The highest BCUT2D eigenvalue weighted by Crippen LogP contribution is 2.29. The molecule has 2 N–H and O–H groups in total. The first-order valence-electron chi connectivity index (χ1n) is 9.39. The van der Waals surface area contributed by atoms with Crippen molar-refractivity contribution in [2.24, 2.45) is 5.10 Å². The van der Waals surface area contributed by atoms with E-state index in [0.29, 0.717) is 17.9 Å². The van der Waals surface area contributed by atoms with Gasteiger partial charge in [-0.05, 0) is 121 Å². The lowest BCUT2D eigenvalue weighted by Crippen LogP contribution is -2.17.